The van der Waals surface area contributed by atoms with Crippen LogP contribution in [0.3, 0.4) is 0 Å². The highest BCUT2D eigenvalue weighted by molar-refractivity contribution is 6.16. The Labute approximate surface area is 57.4 Å². The van der Waals surface area contributed by atoms with Crippen molar-refractivity contribution in [1.82, 2.24) is 5.32 Å². The Kier molecular flexibility index (Phi) is 0.845. The minimum atomic E-state index is -0.299. The van der Waals surface area contributed by atoms with Crippen molar-refractivity contribution in [2.75, 3.05) is 0 Å². The predicted molar refractivity (Wildman–Crippen MR) is 33.9 cm³/mol. The van der Waals surface area contributed by atoms with Gasteiger partial charge in [0.2, 0.25) is 5.91 Å². The zero-order valence-electron chi connectivity index (χ0n) is 5.13. The van der Waals surface area contributed by atoms with Gasteiger partial charge in [-0.25, -0.2) is 0 Å². The first-order valence-electron chi connectivity index (χ1n) is 3.02. The van der Waals surface area contributed by atoms with E-state index in [1.165, 1.54) is 0 Å². The number of hydrogen-bond donors (Lipinski definition) is 1. The second-order valence-electron chi connectivity index (χ2n) is 2.30. The maximum absolute atomic E-state index is 10.8. The molecule has 1 aliphatic carbocycles. The highest BCUT2D eigenvalue weighted by Crippen LogP contribution is 2.23. The van der Waals surface area contributed by atoms with E-state index in [1.807, 2.05) is 0 Å². The lowest BCUT2D eigenvalue weighted by Gasteiger charge is -1.91. The molecule has 0 radical (unpaired) electrons. The molecular formula is C7H5NO2. The highest BCUT2D eigenvalue weighted by Gasteiger charge is 2.35. The second kappa shape index (κ2) is 1.56. The Hall–Kier alpha value is -1.38. The zero-order chi connectivity index (χ0) is 7.14. The number of imide groups is 1. The fourth-order valence-electron chi connectivity index (χ4n) is 1.19. The molecule has 1 fully saturated rings. The average Bonchev–Trinajstić information content (AvgIpc) is 2.39. The summed E-state index contributed by atoms with van der Waals surface area (Å²) in [5.74, 6) is -0.752. The molecule has 0 aromatic heterocycles. The highest BCUT2D eigenvalue weighted by atomic mass is 16.2. The average molecular weight is 135 g/mol. The SMILES string of the molecule is O=C1NC(=O)C2C=CC=C12. The number of allylic oxidation sites excluding steroid dienone is 2. The fourth-order valence-corrected chi connectivity index (χ4v) is 1.19. The summed E-state index contributed by atoms with van der Waals surface area (Å²) in [6, 6.07) is 0. The Bertz CT molecular complexity index is 275. The smallest absolute Gasteiger partial charge is 0.254 e. The van der Waals surface area contributed by atoms with E-state index in [9.17, 15) is 9.59 Å². The van der Waals surface area contributed by atoms with Gasteiger partial charge in [0, 0.05) is 5.57 Å². The van der Waals surface area contributed by atoms with Crippen molar-refractivity contribution in [3.8, 4) is 0 Å². The van der Waals surface area contributed by atoms with Crippen LogP contribution in [0.25, 0.3) is 0 Å². The van der Waals surface area contributed by atoms with Gasteiger partial charge < -0.3 is 0 Å². The van der Waals surface area contributed by atoms with Crippen molar-refractivity contribution in [2.24, 2.45) is 5.92 Å². The van der Waals surface area contributed by atoms with Crippen LogP contribution >= 0.6 is 0 Å². The van der Waals surface area contributed by atoms with E-state index in [4.69, 9.17) is 0 Å². The number of carbonyl (C=O) groups excluding carboxylic acids is 2. The first-order chi connectivity index (χ1) is 4.79. The van der Waals surface area contributed by atoms with Gasteiger partial charge in [0.1, 0.15) is 0 Å². The van der Waals surface area contributed by atoms with Crippen molar-refractivity contribution in [1.29, 1.82) is 0 Å². The van der Waals surface area contributed by atoms with Crippen LogP contribution in [0.5, 0.6) is 0 Å². The summed E-state index contributed by atoms with van der Waals surface area (Å²) in [4.78, 5) is 21.7. The van der Waals surface area contributed by atoms with Crippen LogP contribution in [0.1, 0.15) is 0 Å². The summed E-state index contributed by atoms with van der Waals surface area (Å²) in [5.41, 5.74) is 0.574. The lowest BCUT2D eigenvalue weighted by molar-refractivity contribution is -0.125. The summed E-state index contributed by atoms with van der Waals surface area (Å²) in [6.45, 7) is 0. The third-order valence-corrected chi connectivity index (χ3v) is 1.70. The van der Waals surface area contributed by atoms with Crippen molar-refractivity contribution in [3.63, 3.8) is 0 Å². The Morgan fingerprint density at radius 3 is 2.90 bits per heavy atom. The van der Waals surface area contributed by atoms with Gasteiger partial charge in [-0.3, -0.25) is 14.9 Å². The Morgan fingerprint density at radius 1 is 1.40 bits per heavy atom. The molecule has 3 nitrogen and oxygen atoms in total. The molecule has 1 saturated heterocycles. The monoisotopic (exact) mass is 135 g/mol. The van der Waals surface area contributed by atoms with Gasteiger partial charge in [0.25, 0.3) is 5.91 Å². The molecule has 2 rings (SSSR count). The molecule has 0 saturated carbocycles. The lowest BCUT2D eigenvalue weighted by Crippen LogP contribution is -2.21. The van der Waals surface area contributed by atoms with E-state index in [2.05, 4.69) is 5.32 Å². The lowest BCUT2D eigenvalue weighted by atomic mass is 10.1. The molecule has 0 spiro atoms. The van der Waals surface area contributed by atoms with Crippen molar-refractivity contribution < 1.29 is 9.59 Å². The maximum atomic E-state index is 10.8. The molecular weight excluding hydrogens is 130 g/mol. The number of rotatable bonds is 0. The van der Waals surface area contributed by atoms with Gasteiger partial charge in [-0.05, 0) is 0 Å². The minimum absolute atomic E-state index is 0.204. The van der Waals surface area contributed by atoms with Crippen molar-refractivity contribution in [3.05, 3.63) is 23.8 Å². The van der Waals surface area contributed by atoms with Crippen LogP contribution in [0.4, 0.5) is 0 Å². The predicted octanol–water partition coefficient (Wildman–Crippen LogP) is -0.245. The molecule has 0 bridgehead atoms. The first kappa shape index (κ1) is 5.41. The van der Waals surface area contributed by atoms with E-state index in [0.29, 0.717) is 5.57 Å². The number of hydrogen-bond acceptors (Lipinski definition) is 2. The molecule has 1 unspecified atom stereocenters. The largest absolute Gasteiger partial charge is 0.292 e. The van der Waals surface area contributed by atoms with Crippen molar-refractivity contribution in [2.45, 2.75) is 0 Å². The van der Waals surface area contributed by atoms with Gasteiger partial charge in [-0.15, -0.1) is 0 Å². The summed E-state index contributed by atoms with van der Waals surface area (Å²) in [5, 5.41) is 2.22. The molecule has 2 amide bonds. The van der Waals surface area contributed by atoms with Crippen LogP contribution < -0.4 is 5.32 Å². The minimum Gasteiger partial charge on any atom is -0.292 e. The van der Waals surface area contributed by atoms with E-state index >= 15 is 0 Å². The topological polar surface area (TPSA) is 46.2 Å². The molecule has 2 aliphatic rings. The summed E-state index contributed by atoms with van der Waals surface area (Å²) in [7, 11) is 0. The second-order valence-corrected chi connectivity index (χ2v) is 2.30. The van der Waals surface area contributed by atoms with E-state index in [0.717, 1.165) is 0 Å². The van der Waals surface area contributed by atoms with Gasteiger partial charge in [0.05, 0.1) is 5.92 Å². The van der Waals surface area contributed by atoms with Gasteiger partial charge >= 0.3 is 0 Å². The van der Waals surface area contributed by atoms with Crippen LogP contribution in [0.15, 0.2) is 23.8 Å². The van der Waals surface area contributed by atoms with Crippen LogP contribution in [-0.2, 0) is 9.59 Å². The molecule has 3 heteroatoms. The number of amides is 2. The fraction of sp³-hybridized carbons (Fsp3) is 0.143. The molecule has 10 heavy (non-hydrogen) atoms. The van der Waals surface area contributed by atoms with E-state index in [-0.39, 0.29) is 17.7 Å². The Morgan fingerprint density at radius 2 is 2.20 bits per heavy atom. The standard InChI is InChI=1S/C7H5NO2/c9-6-4-2-1-3-5(4)7(10)8-6/h1-4H,(H,8,9,10). The zero-order valence-corrected chi connectivity index (χ0v) is 5.13. The maximum Gasteiger partial charge on any atom is 0.254 e. The molecule has 1 aliphatic heterocycles. The molecule has 50 valence electrons. The molecule has 0 aromatic carbocycles. The molecule has 1 heterocycles. The van der Waals surface area contributed by atoms with Crippen LogP contribution in [0, 0.1) is 5.92 Å². The number of fused-ring (bicyclic) bond motifs is 1. The first-order valence-corrected chi connectivity index (χ1v) is 3.02. The van der Waals surface area contributed by atoms with Crippen LogP contribution in [-0.4, -0.2) is 11.8 Å². The molecule has 1 atom stereocenters. The van der Waals surface area contributed by atoms with Gasteiger partial charge in [0.15, 0.2) is 0 Å². The quantitative estimate of drug-likeness (QED) is 0.466. The molecule has 0 aromatic rings. The summed E-state index contributed by atoms with van der Waals surface area (Å²) in [6.07, 6.45) is 5.12. The van der Waals surface area contributed by atoms with E-state index < -0.39 is 0 Å². The Balaban J connectivity index is 2.47. The summed E-state index contributed by atoms with van der Waals surface area (Å²) < 4.78 is 0. The van der Waals surface area contributed by atoms with Crippen molar-refractivity contribution >= 4 is 11.8 Å². The molecule has 1 N–H and O–H groups in total. The third-order valence-electron chi connectivity index (χ3n) is 1.70. The van der Waals surface area contributed by atoms with Gasteiger partial charge in [-0.1, -0.05) is 18.2 Å². The number of nitrogens with one attached hydrogen (secondary N) is 1. The third kappa shape index (κ3) is 0.492. The number of carbonyl (C=O) groups is 2. The van der Waals surface area contributed by atoms with Gasteiger partial charge in [-0.2, -0.15) is 0 Å². The normalized spacial score (nSPS) is 28.4. The van der Waals surface area contributed by atoms with E-state index in [1.54, 1.807) is 18.2 Å². The van der Waals surface area contributed by atoms with Crippen LogP contribution in [0.2, 0.25) is 0 Å². The summed E-state index contributed by atoms with van der Waals surface area (Å²) >= 11 is 0.